The van der Waals surface area contributed by atoms with Gasteiger partial charge in [0.05, 0.1) is 18.6 Å². The van der Waals surface area contributed by atoms with E-state index in [2.05, 4.69) is 65.1 Å². The maximum absolute atomic E-state index is 13.2. The summed E-state index contributed by atoms with van der Waals surface area (Å²) in [5.74, 6) is 0.0984. The molecule has 0 radical (unpaired) electrons. The van der Waals surface area contributed by atoms with Gasteiger partial charge in [-0.3, -0.25) is 4.79 Å². The monoisotopic (exact) mass is 453 g/mol. The topological polar surface area (TPSA) is 38.8 Å². The zero-order valence-electron chi connectivity index (χ0n) is 20.5. The van der Waals surface area contributed by atoms with Crippen LogP contribution >= 0.6 is 0 Å². The van der Waals surface area contributed by atoms with E-state index in [0.29, 0.717) is 19.8 Å². The summed E-state index contributed by atoms with van der Waals surface area (Å²) in [7, 11) is -1.95. The molecule has 1 fully saturated rings. The Kier molecular flexibility index (Phi) is 7.96. The lowest BCUT2D eigenvalue weighted by atomic mass is 9.81. The normalized spacial score (nSPS) is 20.2. The highest BCUT2D eigenvalue weighted by atomic mass is 28.4. The molecule has 1 aliphatic rings. The number of nitrogens with zero attached hydrogens (tertiary/aromatic N) is 1. The molecule has 0 bridgehead atoms. The highest BCUT2D eigenvalue weighted by molar-refractivity contribution is 6.74. The molecule has 32 heavy (non-hydrogen) atoms. The van der Waals surface area contributed by atoms with E-state index in [0.717, 1.165) is 12.0 Å². The van der Waals surface area contributed by atoms with E-state index in [1.807, 2.05) is 41.3 Å². The number of hydrogen-bond acceptors (Lipinski definition) is 3. The minimum absolute atomic E-state index is 0.0884. The molecular weight excluding hydrogens is 414 g/mol. The Bertz CT molecular complexity index is 863. The number of hydrogen-bond donors (Lipinski definition) is 0. The molecule has 1 heterocycles. The smallest absolute Gasteiger partial charge is 0.230 e. The summed E-state index contributed by atoms with van der Waals surface area (Å²) in [6.07, 6.45) is 0.732. The van der Waals surface area contributed by atoms with Crippen LogP contribution in [0.2, 0.25) is 18.1 Å². The van der Waals surface area contributed by atoms with Crippen LogP contribution in [0.1, 0.15) is 45.2 Å². The van der Waals surface area contributed by atoms with Gasteiger partial charge >= 0.3 is 0 Å². The molecule has 1 amide bonds. The molecule has 0 aromatic heterocycles. The van der Waals surface area contributed by atoms with E-state index in [9.17, 15) is 4.79 Å². The summed E-state index contributed by atoms with van der Waals surface area (Å²) in [5.41, 5.74) is 2.33. The highest BCUT2D eigenvalue weighted by Crippen LogP contribution is 2.41. The Hall–Kier alpha value is -1.95. The number of benzene rings is 2. The summed E-state index contributed by atoms with van der Waals surface area (Å²) in [5, 5.41) is 0.117. The molecule has 1 aliphatic heterocycles. The molecule has 5 heteroatoms. The van der Waals surface area contributed by atoms with Crippen molar-refractivity contribution in [3.8, 4) is 0 Å². The van der Waals surface area contributed by atoms with Crippen LogP contribution in [-0.4, -0.2) is 37.9 Å². The van der Waals surface area contributed by atoms with Crippen molar-refractivity contribution in [2.75, 3.05) is 6.61 Å². The van der Waals surface area contributed by atoms with Gasteiger partial charge in [0.1, 0.15) is 0 Å². The number of ether oxygens (including phenoxy) is 1. The van der Waals surface area contributed by atoms with E-state index in [1.54, 1.807) is 0 Å². The van der Waals surface area contributed by atoms with Crippen molar-refractivity contribution < 1.29 is 14.0 Å². The molecule has 0 N–H and O–H groups in total. The van der Waals surface area contributed by atoms with Crippen molar-refractivity contribution in [1.29, 1.82) is 0 Å². The number of rotatable bonds is 10. The van der Waals surface area contributed by atoms with Gasteiger partial charge in [0.2, 0.25) is 5.91 Å². The van der Waals surface area contributed by atoms with Gasteiger partial charge in [-0.05, 0) is 42.6 Å². The molecule has 174 valence electrons. The second-order valence-electron chi connectivity index (χ2n) is 10.5. The first kappa shape index (κ1) is 24.7. The molecule has 3 atom stereocenters. The third kappa shape index (κ3) is 5.88. The number of carbonyl (C=O) groups excluding carboxylic acids is 1. The minimum atomic E-state index is -1.95. The van der Waals surface area contributed by atoms with Gasteiger partial charge in [-0.25, -0.2) is 0 Å². The van der Waals surface area contributed by atoms with Crippen LogP contribution in [0.5, 0.6) is 0 Å². The predicted octanol–water partition coefficient (Wildman–Crippen LogP) is 6.03. The van der Waals surface area contributed by atoms with Crippen LogP contribution < -0.4 is 0 Å². The predicted molar refractivity (Wildman–Crippen MR) is 133 cm³/mol. The van der Waals surface area contributed by atoms with Crippen molar-refractivity contribution in [2.45, 2.75) is 77.5 Å². The van der Waals surface area contributed by atoms with Gasteiger partial charge < -0.3 is 14.1 Å². The third-order valence-electron chi connectivity index (χ3n) is 7.04. The van der Waals surface area contributed by atoms with E-state index in [1.165, 1.54) is 5.56 Å². The summed E-state index contributed by atoms with van der Waals surface area (Å²) < 4.78 is 12.6. The fraction of sp³-hybridized carbons (Fsp3) is 0.519. The molecular formula is C27H39NO3Si. The van der Waals surface area contributed by atoms with Crippen LogP contribution in [0.3, 0.4) is 0 Å². The van der Waals surface area contributed by atoms with Gasteiger partial charge in [-0.15, -0.1) is 0 Å². The summed E-state index contributed by atoms with van der Waals surface area (Å²) in [6.45, 7) is 15.2. The lowest BCUT2D eigenvalue weighted by Crippen LogP contribution is -2.65. The van der Waals surface area contributed by atoms with Crippen LogP contribution in [0.15, 0.2) is 60.7 Å². The number of carbonyl (C=O) groups is 1. The van der Waals surface area contributed by atoms with E-state index in [-0.39, 0.29) is 29.0 Å². The fourth-order valence-electron chi connectivity index (χ4n) is 4.14. The minimum Gasteiger partial charge on any atom is -0.413 e. The zero-order valence-corrected chi connectivity index (χ0v) is 21.5. The molecule has 0 unspecified atom stereocenters. The Balaban J connectivity index is 1.66. The highest BCUT2D eigenvalue weighted by Gasteiger charge is 2.51. The molecule has 0 saturated carbocycles. The molecule has 4 nitrogen and oxygen atoms in total. The van der Waals surface area contributed by atoms with Gasteiger partial charge in [-0.1, -0.05) is 81.4 Å². The Morgan fingerprint density at radius 1 is 0.969 bits per heavy atom. The first-order valence-corrected chi connectivity index (χ1v) is 14.6. The Labute approximate surface area is 195 Å². The Morgan fingerprint density at radius 3 is 2.09 bits per heavy atom. The second-order valence-corrected chi connectivity index (χ2v) is 15.2. The molecule has 2 aromatic carbocycles. The average Bonchev–Trinajstić information content (AvgIpc) is 2.74. The van der Waals surface area contributed by atoms with Crippen molar-refractivity contribution in [3.63, 3.8) is 0 Å². The second kappa shape index (κ2) is 10.3. The molecule has 0 spiro atoms. The van der Waals surface area contributed by atoms with Gasteiger partial charge in [0, 0.05) is 19.2 Å². The van der Waals surface area contributed by atoms with Gasteiger partial charge in [0.15, 0.2) is 8.32 Å². The fourth-order valence-corrected chi connectivity index (χ4v) is 5.57. The number of β-lactam (4-membered cyclic amide) rings is 1. The summed E-state index contributed by atoms with van der Waals surface area (Å²) in [6, 6.07) is 20.6. The third-order valence-corrected chi connectivity index (χ3v) is 11.6. The molecule has 3 rings (SSSR count). The van der Waals surface area contributed by atoms with E-state index < -0.39 is 8.32 Å². The van der Waals surface area contributed by atoms with Crippen molar-refractivity contribution in [1.82, 2.24) is 4.90 Å². The van der Waals surface area contributed by atoms with Crippen LogP contribution in [-0.2, 0) is 27.1 Å². The Morgan fingerprint density at radius 2 is 1.53 bits per heavy atom. The summed E-state index contributed by atoms with van der Waals surface area (Å²) in [4.78, 5) is 15.2. The van der Waals surface area contributed by atoms with E-state index >= 15 is 0 Å². The standard InChI is InChI=1S/C27H39NO3Si/c1-21(31-32(5,6)27(2,3)4)25-24(17-18-30-20-23-15-11-8-12-16-23)28(26(25)29)19-22-13-9-7-10-14-22/h7-16,21,24-25H,17-20H2,1-6H3/t21-,24-,25-/m1/s1. The van der Waals surface area contributed by atoms with Crippen LogP contribution in [0.4, 0.5) is 0 Å². The first-order valence-electron chi connectivity index (χ1n) is 11.7. The first-order chi connectivity index (χ1) is 15.1. The quantitative estimate of drug-likeness (QED) is 0.250. The van der Waals surface area contributed by atoms with Gasteiger partial charge in [0.25, 0.3) is 0 Å². The SMILES string of the molecule is C[C@@H](O[Si](C)(C)C(C)(C)C)[C@H]1C(=O)N(Cc2ccccc2)[C@@H]1CCOCc1ccccc1. The van der Waals surface area contributed by atoms with E-state index in [4.69, 9.17) is 9.16 Å². The molecule has 0 aliphatic carbocycles. The van der Waals surface area contributed by atoms with Crippen molar-refractivity contribution in [3.05, 3.63) is 71.8 Å². The van der Waals surface area contributed by atoms with Crippen LogP contribution in [0, 0.1) is 5.92 Å². The lowest BCUT2D eigenvalue weighted by Gasteiger charge is -2.51. The largest absolute Gasteiger partial charge is 0.413 e. The number of likely N-dealkylation sites (tertiary alicyclic amines) is 1. The average molecular weight is 454 g/mol. The summed E-state index contributed by atoms with van der Waals surface area (Å²) >= 11 is 0. The maximum atomic E-state index is 13.2. The zero-order chi connectivity index (χ0) is 23.4. The number of amides is 1. The van der Waals surface area contributed by atoms with Gasteiger partial charge in [-0.2, -0.15) is 0 Å². The van der Waals surface area contributed by atoms with Crippen molar-refractivity contribution in [2.24, 2.45) is 5.92 Å². The lowest BCUT2D eigenvalue weighted by molar-refractivity contribution is -0.166. The van der Waals surface area contributed by atoms with Crippen molar-refractivity contribution >= 4 is 14.2 Å². The molecule has 1 saturated heterocycles. The van der Waals surface area contributed by atoms with Crippen LogP contribution in [0.25, 0.3) is 0 Å². The molecule has 2 aromatic rings. The maximum Gasteiger partial charge on any atom is 0.230 e.